The van der Waals surface area contributed by atoms with Gasteiger partial charge in [0.1, 0.15) is 85.4 Å². The van der Waals surface area contributed by atoms with E-state index in [2.05, 4.69) is 46.9 Å². The van der Waals surface area contributed by atoms with Crippen LogP contribution in [0, 0.1) is 5.41 Å². The van der Waals surface area contributed by atoms with E-state index in [-0.39, 0.29) is 101 Å². The summed E-state index contributed by atoms with van der Waals surface area (Å²) in [6.07, 6.45) is -26.9. The van der Waals surface area contributed by atoms with Gasteiger partial charge in [-0.05, 0) is 78.8 Å². The Morgan fingerprint density at radius 2 is 0.609 bits per heavy atom. The van der Waals surface area contributed by atoms with Crippen LogP contribution in [0.3, 0.4) is 0 Å². The second-order valence-corrected chi connectivity index (χ2v) is 43.4. The standard InChI is InChI=1S/C109H125Cl3N2O23Si/c1-72(2)138(73(3)4,74(5)6)128-71-90-94(122-63-81-47-27-13-28-48-81)98(125-66-84-53-33-16-34-54-84)101(129-76(8)116)106(133-90)136-100-97(124-65-83-51-31-15-32-52-83)93(121-62-80-45-25-12-26-46-80)88(69-119-60-78-41-21-10-22-42-78)131-105(100)127-70-89-95(99(126-67-85-55-35-17-36-56-85)102(107(132-89)137-108(113)109(110,111)112)134-103(117)86-57-37-18-38-58-86)135-104-91(114-75(7)115)96(123-64-82-49-29-14-30-50-82)92(120-61-79-43-23-11-24-44-79)87(130-104)68-118-59-77-39-19-9-20-40-77/h9-58,72-74,87-102,104-107,113H,59-71H2,1-8H3,(H,114,115)/t87-,88-,89-,90-,91-,92+,93-,94-,95-,96-,97+,98+,99+,100+,101+,102+,104+,105+,106-,107-/m1/s1. The maximum absolute atomic E-state index is 15.3. The fourth-order valence-corrected chi connectivity index (χ4v) is 23.9. The average molecular weight is 1970 g/mol. The number of alkyl halides is 3. The lowest BCUT2D eigenvalue weighted by Gasteiger charge is -2.51. The summed E-state index contributed by atoms with van der Waals surface area (Å²) < 4.78 is 143. The Kier molecular flexibility index (Phi) is 39.5. The first-order chi connectivity index (χ1) is 67.0. The van der Waals surface area contributed by atoms with Gasteiger partial charge in [0.2, 0.25) is 18.1 Å². The molecular formula is C109H125Cl3N2O23Si. The SMILES string of the molecule is CC(=O)N[C@H]1[C@H](O[C@H]2[C@H](OCc3ccccc3)[C@H](OC(=O)c3ccccc3)[C@@H](OC(=N)C(Cl)(Cl)Cl)O[C@@H]2CO[C@H]2O[C@H](COCc3ccccc3)[C@@H](OCc3ccccc3)[C@H](OCc3ccccc3)[C@@H]2O[C@H]2O[C@H](CO[Si](C(C)C)(C(C)C)C(C)C)[C@@H](OCc3ccccc3)[C@H](OCc3ccccc3)[C@@H]2OC(C)=O)O[C@H](COCc2ccccc2)[C@H](OCc2ccccc2)[C@@H]1OCc1ccccc1. The lowest BCUT2D eigenvalue weighted by Crippen LogP contribution is -2.69. The molecular weight excluding hydrogens is 1840 g/mol. The molecule has 10 aromatic carbocycles. The van der Waals surface area contributed by atoms with Gasteiger partial charge in [-0.2, -0.15) is 0 Å². The fourth-order valence-electron chi connectivity index (χ4n) is 18.3. The Morgan fingerprint density at radius 1 is 0.319 bits per heavy atom. The highest BCUT2D eigenvalue weighted by atomic mass is 35.6. The van der Waals surface area contributed by atoms with Crippen LogP contribution in [0.2, 0.25) is 16.6 Å². The van der Waals surface area contributed by atoms with Crippen LogP contribution in [0.25, 0.3) is 0 Å². The molecule has 10 aromatic rings. The second kappa shape index (κ2) is 52.3. The molecule has 0 aromatic heterocycles. The van der Waals surface area contributed by atoms with Crippen molar-refractivity contribution in [2.24, 2.45) is 0 Å². The summed E-state index contributed by atoms with van der Waals surface area (Å²) >= 11 is 20.0. The number of esters is 2. The van der Waals surface area contributed by atoms with Crippen molar-refractivity contribution in [1.29, 1.82) is 5.41 Å². The van der Waals surface area contributed by atoms with Crippen molar-refractivity contribution in [2.45, 2.75) is 258 Å². The molecule has 138 heavy (non-hydrogen) atoms. The van der Waals surface area contributed by atoms with E-state index in [1.165, 1.54) is 13.8 Å². The van der Waals surface area contributed by atoms with Crippen LogP contribution in [0.4, 0.5) is 0 Å². The number of ether oxygens (including phenoxy) is 19. The number of carbonyl (C=O) groups excluding carboxylic acids is 3. The fraction of sp³-hybridized carbons (Fsp3) is 0.413. The topological polar surface area (TPSA) is 272 Å². The minimum absolute atomic E-state index is 0.00155. The van der Waals surface area contributed by atoms with Crippen molar-refractivity contribution in [1.82, 2.24) is 5.32 Å². The summed E-state index contributed by atoms with van der Waals surface area (Å²) in [6, 6.07) is 93.0. The summed E-state index contributed by atoms with van der Waals surface area (Å²) in [5.41, 5.74) is 7.56. The number of halogens is 3. The van der Waals surface area contributed by atoms with Gasteiger partial charge in [0.15, 0.2) is 39.4 Å². The Bertz CT molecular complexity index is 5240. The third-order valence-corrected chi connectivity index (χ3v) is 31.4. The molecule has 4 heterocycles. The number of amides is 1. The quantitative estimate of drug-likeness (QED) is 0.0118. The van der Waals surface area contributed by atoms with E-state index in [0.29, 0.717) is 5.56 Å². The summed E-state index contributed by atoms with van der Waals surface area (Å²) in [5, 5.41) is 12.6. The van der Waals surface area contributed by atoms with E-state index >= 15 is 4.79 Å². The molecule has 0 saturated carbocycles. The number of nitrogens with one attached hydrogen (secondary N) is 2. The molecule has 0 aliphatic carbocycles. The molecule has 1 amide bonds. The van der Waals surface area contributed by atoms with Gasteiger partial charge in [-0.3, -0.25) is 15.0 Å². The highest BCUT2D eigenvalue weighted by Crippen LogP contribution is 2.46. The van der Waals surface area contributed by atoms with Crippen molar-refractivity contribution in [3.63, 3.8) is 0 Å². The number of carbonyl (C=O) groups is 3. The Balaban J connectivity index is 0.957. The molecule has 0 bridgehead atoms. The van der Waals surface area contributed by atoms with Gasteiger partial charge in [0.25, 0.3) is 3.79 Å². The minimum Gasteiger partial charge on any atom is -0.454 e. The number of benzene rings is 10. The molecule has 4 fully saturated rings. The van der Waals surface area contributed by atoms with Gasteiger partial charge in [-0.25, -0.2) is 4.79 Å². The van der Waals surface area contributed by atoms with Crippen LogP contribution >= 0.6 is 34.8 Å². The monoisotopic (exact) mass is 1960 g/mol. The molecule has 4 aliphatic rings. The third-order valence-electron chi connectivity index (χ3n) is 24.8. The normalized spacial score (nSPS) is 25.1. The van der Waals surface area contributed by atoms with Crippen LogP contribution in [0.5, 0.6) is 0 Å². The molecule has 20 atom stereocenters. The van der Waals surface area contributed by atoms with Gasteiger partial charge in [0.05, 0.1) is 91.5 Å². The average Bonchev–Trinajstić information content (AvgIpc) is 0.761. The Morgan fingerprint density at radius 3 is 0.971 bits per heavy atom. The summed E-state index contributed by atoms with van der Waals surface area (Å²) in [5.74, 6) is -3.09. The molecule has 25 nitrogen and oxygen atoms in total. The molecule has 734 valence electrons. The summed E-state index contributed by atoms with van der Waals surface area (Å²) in [6.45, 7) is 14.9. The summed E-state index contributed by atoms with van der Waals surface area (Å²) in [4.78, 5) is 44.3. The van der Waals surface area contributed by atoms with Crippen molar-refractivity contribution in [3.8, 4) is 0 Å². The first-order valence-corrected chi connectivity index (χ1v) is 50.3. The van der Waals surface area contributed by atoms with Gasteiger partial charge >= 0.3 is 11.9 Å². The first-order valence-electron chi connectivity index (χ1n) is 47.0. The van der Waals surface area contributed by atoms with Gasteiger partial charge in [0, 0.05) is 13.8 Å². The molecule has 2 N–H and O–H groups in total. The molecule has 14 rings (SSSR count). The molecule has 4 aliphatic heterocycles. The predicted molar refractivity (Wildman–Crippen MR) is 523 cm³/mol. The zero-order valence-corrected chi connectivity index (χ0v) is 82.1. The molecule has 0 unspecified atom stereocenters. The largest absolute Gasteiger partial charge is 0.454 e. The number of hydrogen-bond donors (Lipinski definition) is 2. The molecule has 0 spiro atoms. The van der Waals surface area contributed by atoms with Crippen molar-refractivity contribution < 1.29 is 109 Å². The van der Waals surface area contributed by atoms with Gasteiger partial charge in [-0.15, -0.1) is 0 Å². The van der Waals surface area contributed by atoms with Crippen molar-refractivity contribution in [3.05, 3.63) is 359 Å². The number of rotatable bonds is 47. The summed E-state index contributed by atoms with van der Waals surface area (Å²) in [7, 11) is -2.81. The lowest BCUT2D eigenvalue weighted by atomic mass is 9.94. The zero-order chi connectivity index (χ0) is 96.8. The second-order valence-electron chi connectivity index (χ2n) is 35.6. The van der Waals surface area contributed by atoms with Crippen LogP contribution in [-0.4, -0.2) is 185 Å². The lowest BCUT2D eigenvalue weighted by molar-refractivity contribution is -0.386. The third kappa shape index (κ3) is 29.4. The van der Waals surface area contributed by atoms with Crippen LogP contribution in [-0.2, 0) is 163 Å². The van der Waals surface area contributed by atoms with Crippen LogP contribution in [0.1, 0.15) is 116 Å². The molecule has 29 heteroatoms. The first kappa shape index (κ1) is 104. The van der Waals surface area contributed by atoms with Crippen molar-refractivity contribution in [2.75, 3.05) is 26.4 Å². The van der Waals surface area contributed by atoms with Gasteiger partial charge < -0.3 is 99.7 Å². The molecule has 4 saturated heterocycles. The Hall–Kier alpha value is -9.51. The van der Waals surface area contributed by atoms with E-state index < -0.39 is 165 Å². The zero-order valence-electron chi connectivity index (χ0n) is 78.9. The Labute approximate surface area is 824 Å². The van der Waals surface area contributed by atoms with Crippen LogP contribution in [0.15, 0.2) is 303 Å². The molecule has 0 radical (unpaired) electrons. The minimum atomic E-state index is -2.81. The van der Waals surface area contributed by atoms with E-state index in [4.69, 9.17) is 129 Å². The maximum atomic E-state index is 15.3. The predicted octanol–water partition coefficient (Wildman–Crippen LogP) is 19.4. The van der Waals surface area contributed by atoms with E-state index in [9.17, 15) is 15.0 Å². The van der Waals surface area contributed by atoms with Crippen LogP contribution < -0.4 is 5.32 Å². The number of hydrogen-bond acceptors (Lipinski definition) is 24. The van der Waals surface area contributed by atoms with Crippen molar-refractivity contribution >= 4 is 66.9 Å². The smallest absolute Gasteiger partial charge is 0.338 e. The highest BCUT2D eigenvalue weighted by molar-refractivity contribution is 6.77. The van der Waals surface area contributed by atoms with Gasteiger partial charge in [-0.1, -0.05) is 368 Å². The highest BCUT2D eigenvalue weighted by Gasteiger charge is 2.60. The maximum Gasteiger partial charge on any atom is 0.338 e. The van der Waals surface area contributed by atoms with E-state index in [1.54, 1.807) is 30.3 Å². The van der Waals surface area contributed by atoms with E-state index in [1.807, 2.05) is 273 Å². The van der Waals surface area contributed by atoms with E-state index in [0.717, 1.165) is 44.5 Å².